The van der Waals surface area contributed by atoms with E-state index in [1.807, 2.05) is 0 Å². The monoisotopic (exact) mass is 239 g/mol. The largest absolute Gasteiger partial charge is 0.326 e. The highest BCUT2D eigenvalue weighted by atomic mass is 35.5. The van der Waals surface area contributed by atoms with Crippen LogP contribution in [0.5, 0.6) is 0 Å². The van der Waals surface area contributed by atoms with Crippen LogP contribution in [0.1, 0.15) is 33.6 Å². The van der Waals surface area contributed by atoms with Crippen LogP contribution in [0.4, 0.5) is 5.69 Å². The lowest BCUT2D eigenvalue weighted by Gasteiger charge is -2.21. The van der Waals surface area contributed by atoms with Crippen LogP contribution in [0.15, 0.2) is 24.3 Å². The molecule has 1 aromatic carbocycles. The van der Waals surface area contributed by atoms with Crippen LogP contribution in [0.3, 0.4) is 0 Å². The van der Waals surface area contributed by atoms with Gasteiger partial charge >= 0.3 is 0 Å². The number of rotatable bonds is 4. The lowest BCUT2D eigenvalue weighted by atomic mass is 9.86. The fourth-order valence-electron chi connectivity index (χ4n) is 1.30. The summed E-state index contributed by atoms with van der Waals surface area (Å²) in [5.74, 6) is 0.0502. The van der Waals surface area contributed by atoms with Crippen molar-refractivity contribution in [1.29, 1.82) is 0 Å². The standard InChI is InChI=1S/C13H18ClNO/c1-4-13(2,3)9-12(16)15-11-7-5-10(14)6-8-11/h5-8H,4,9H2,1-3H3,(H,15,16). The average molecular weight is 240 g/mol. The molecule has 1 rings (SSSR count). The number of anilines is 1. The molecule has 0 aliphatic carbocycles. The van der Waals surface area contributed by atoms with E-state index >= 15 is 0 Å². The Hall–Kier alpha value is -1.02. The van der Waals surface area contributed by atoms with Gasteiger partial charge in [0, 0.05) is 17.1 Å². The number of benzene rings is 1. The van der Waals surface area contributed by atoms with Crippen LogP contribution in [-0.4, -0.2) is 5.91 Å². The van der Waals surface area contributed by atoms with E-state index in [0.717, 1.165) is 12.1 Å². The molecule has 0 aliphatic heterocycles. The minimum atomic E-state index is 0.0502. The van der Waals surface area contributed by atoms with Gasteiger partial charge in [-0.05, 0) is 29.7 Å². The van der Waals surface area contributed by atoms with Gasteiger partial charge < -0.3 is 5.32 Å². The average Bonchev–Trinajstić information content (AvgIpc) is 2.21. The third-order valence-electron chi connectivity index (χ3n) is 2.72. The first-order valence-corrected chi connectivity index (χ1v) is 5.86. The van der Waals surface area contributed by atoms with Crippen molar-refractivity contribution in [1.82, 2.24) is 0 Å². The number of amides is 1. The maximum atomic E-state index is 11.7. The summed E-state index contributed by atoms with van der Waals surface area (Å²) in [4.78, 5) is 11.7. The van der Waals surface area contributed by atoms with Crippen LogP contribution in [0.2, 0.25) is 5.02 Å². The number of carbonyl (C=O) groups excluding carboxylic acids is 1. The zero-order chi connectivity index (χ0) is 12.2. The molecule has 1 aromatic rings. The van der Waals surface area contributed by atoms with Crippen molar-refractivity contribution >= 4 is 23.2 Å². The Labute approximate surface area is 102 Å². The topological polar surface area (TPSA) is 29.1 Å². The Morgan fingerprint density at radius 3 is 2.38 bits per heavy atom. The van der Waals surface area contributed by atoms with Crippen molar-refractivity contribution in [3.63, 3.8) is 0 Å². The van der Waals surface area contributed by atoms with Crippen LogP contribution in [-0.2, 0) is 4.79 Å². The van der Waals surface area contributed by atoms with Crippen LogP contribution >= 0.6 is 11.6 Å². The molecule has 0 heterocycles. The molecule has 0 atom stereocenters. The summed E-state index contributed by atoms with van der Waals surface area (Å²) in [6.45, 7) is 6.28. The van der Waals surface area contributed by atoms with Gasteiger partial charge in [-0.2, -0.15) is 0 Å². The van der Waals surface area contributed by atoms with Crippen LogP contribution < -0.4 is 5.32 Å². The SMILES string of the molecule is CCC(C)(C)CC(=O)Nc1ccc(Cl)cc1. The lowest BCUT2D eigenvalue weighted by molar-refractivity contribution is -0.118. The summed E-state index contributed by atoms with van der Waals surface area (Å²) < 4.78 is 0. The van der Waals surface area contributed by atoms with E-state index < -0.39 is 0 Å². The molecule has 0 unspecified atom stereocenters. The Balaban J connectivity index is 2.55. The summed E-state index contributed by atoms with van der Waals surface area (Å²) in [6.07, 6.45) is 1.52. The molecule has 0 spiro atoms. The highest BCUT2D eigenvalue weighted by molar-refractivity contribution is 6.30. The van der Waals surface area contributed by atoms with Crippen molar-refractivity contribution in [3.05, 3.63) is 29.3 Å². The number of hydrogen-bond acceptors (Lipinski definition) is 1. The van der Waals surface area contributed by atoms with E-state index in [0.29, 0.717) is 11.4 Å². The molecule has 1 N–H and O–H groups in total. The second-order valence-corrected chi connectivity index (χ2v) is 5.19. The highest BCUT2D eigenvalue weighted by Crippen LogP contribution is 2.25. The fraction of sp³-hybridized carbons (Fsp3) is 0.462. The molecule has 1 amide bonds. The van der Waals surface area contributed by atoms with Gasteiger partial charge in [-0.25, -0.2) is 0 Å². The second-order valence-electron chi connectivity index (χ2n) is 4.75. The van der Waals surface area contributed by atoms with Gasteiger partial charge in [0.15, 0.2) is 0 Å². The molecule has 0 aromatic heterocycles. The number of hydrogen-bond donors (Lipinski definition) is 1. The quantitative estimate of drug-likeness (QED) is 0.842. The number of carbonyl (C=O) groups is 1. The Morgan fingerprint density at radius 2 is 1.88 bits per heavy atom. The molecule has 16 heavy (non-hydrogen) atoms. The van der Waals surface area contributed by atoms with Crippen molar-refractivity contribution in [2.75, 3.05) is 5.32 Å². The Bertz CT molecular complexity index is 357. The van der Waals surface area contributed by atoms with Gasteiger partial charge in [0.05, 0.1) is 0 Å². The summed E-state index contributed by atoms with van der Waals surface area (Å²) in [6, 6.07) is 7.14. The smallest absolute Gasteiger partial charge is 0.224 e. The van der Waals surface area contributed by atoms with Crippen molar-refractivity contribution < 1.29 is 4.79 Å². The molecule has 88 valence electrons. The van der Waals surface area contributed by atoms with Gasteiger partial charge in [0.1, 0.15) is 0 Å². The van der Waals surface area contributed by atoms with E-state index in [2.05, 4.69) is 26.1 Å². The summed E-state index contributed by atoms with van der Waals surface area (Å²) in [7, 11) is 0. The van der Waals surface area contributed by atoms with E-state index in [4.69, 9.17) is 11.6 Å². The minimum Gasteiger partial charge on any atom is -0.326 e. The van der Waals surface area contributed by atoms with Crippen LogP contribution in [0.25, 0.3) is 0 Å². The van der Waals surface area contributed by atoms with E-state index in [1.165, 1.54) is 0 Å². The molecule has 0 saturated heterocycles. The molecule has 0 aliphatic rings. The van der Waals surface area contributed by atoms with E-state index in [9.17, 15) is 4.79 Å². The lowest BCUT2D eigenvalue weighted by Crippen LogP contribution is -2.21. The molecular weight excluding hydrogens is 222 g/mol. The first kappa shape index (κ1) is 13.0. The molecule has 0 bridgehead atoms. The fourth-order valence-corrected chi connectivity index (χ4v) is 1.42. The van der Waals surface area contributed by atoms with Gasteiger partial charge in [0.25, 0.3) is 0 Å². The Morgan fingerprint density at radius 1 is 1.31 bits per heavy atom. The maximum Gasteiger partial charge on any atom is 0.224 e. The second kappa shape index (κ2) is 5.35. The zero-order valence-corrected chi connectivity index (χ0v) is 10.8. The predicted molar refractivity (Wildman–Crippen MR) is 68.8 cm³/mol. The summed E-state index contributed by atoms with van der Waals surface area (Å²) >= 11 is 5.76. The van der Waals surface area contributed by atoms with Gasteiger partial charge in [-0.1, -0.05) is 38.8 Å². The zero-order valence-electron chi connectivity index (χ0n) is 10.0. The van der Waals surface area contributed by atoms with Crippen molar-refractivity contribution in [2.24, 2.45) is 5.41 Å². The molecule has 0 fully saturated rings. The Kier molecular flexibility index (Phi) is 4.36. The van der Waals surface area contributed by atoms with Gasteiger partial charge in [-0.15, -0.1) is 0 Å². The minimum absolute atomic E-state index is 0.0502. The third kappa shape index (κ3) is 4.23. The first-order chi connectivity index (χ1) is 7.43. The molecule has 2 nitrogen and oxygen atoms in total. The normalized spacial score (nSPS) is 11.2. The summed E-state index contributed by atoms with van der Waals surface area (Å²) in [5.41, 5.74) is 0.845. The summed E-state index contributed by atoms with van der Waals surface area (Å²) in [5, 5.41) is 3.54. The van der Waals surface area contributed by atoms with Crippen molar-refractivity contribution in [3.8, 4) is 0 Å². The molecule has 0 radical (unpaired) electrons. The first-order valence-electron chi connectivity index (χ1n) is 5.48. The molecule has 3 heteroatoms. The van der Waals surface area contributed by atoms with Crippen molar-refractivity contribution in [2.45, 2.75) is 33.6 Å². The highest BCUT2D eigenvalue weighted by Gasteiger charge is 2.19. The number of nitrogens with one attached hydrogen (secondary N) is 1. The predicted octanol–water partition coefficient (Wildman–Crippen LogP) is 4.10. The van der Waals surface area contributed by atoms with Gasteiger partial charge in [0.2, 0.25) is 5.91 Å². The van der Waals surface area contributed by atoms with Gasteiger partial charge in [-0.3, -0.25) is 4.79 Å². The van der Waals surface area contributed by atoms with Crippen LogP contribution in [0, 0.1) is 5.41 Å². The third-order valence-corrected chi connectivity index (χ3v) is 2.98. The van der Waals surface area contributed by atoms with E-state index in [-0.39, 0.29) is 11.3 Å². The molecule has 0 saturated carbocycles. The van der Waals surface area contributed by atoms with E-state index in [1.54, 1.807) is 24.3 Å². The maximum absolute atomic E-state index is 11.7. The molecular formula is C13H18ClNO. The number of halogens is 1.